The molecule has 0 aliphatic carbocycles. The van der Waals surface area contributed by atoms with Crippen molar-refractivity contribution in [3.63, 3.8) is 0 Å². The number of rotatable bonds is 4. The Hall–Kier alpha value is -1.05. The smallest absolute Gasteiger partial charge is 0.237 e. The van der Waals surface area contributed by atoms with Crippen LogP contribution >= 0.6 is 0 Å². The first-order valence-corrected chi connectivity index (χ1v) is 6.25. The minimum atomic E-state index is -0.0855. The summed E-state index contributed by atoms with van der Waals surface area (Å²) in [7, 11) is 0. The number of hydrogen-bond donors (Lipinski definition) is 1. The molecule has 4 nitrogen and oxygen atoms in total. The van der Waals surface area contributed by atoms with Crippen LogP contribution in [0.25, 0.3) is 0 Å². The monoisotopic (exact) mass is 237 g/mol. The van der Waals surface area contributed by atoms with Crippen molar-refractivity contribution in [2.45, 2.75) is 32.9 Å². The van der Waals surface area contributed by atoms with Gasteiger partial charge in [0.05, 0.1) is 12.6 Å². The van der Waals surface area contributed by atoms with Crippen molar-refractivity contribution in [3.05, 3.63) is 0 Å². The number of carbonyl (C=O) groups is 1. The second-order valence-electron chi connectivity index (χ2n) is 4.76. The molecule has 1 N–H and O–H groups in total. The average Bonchev–Trinajstić information content (AvgIpc) is 2.35. The van der Waals surface area contributed by atoms with Gasteiger partial charge in [-0.2, -0.15) is 0 Å². The maximum absolute atomic E-state index is 11.8. The molecular formula is C13H23N3O. The van der Waals surface area contributed by atoms with Crippen molar-refractivity contribution >= 4 is 5.91 Å². The van der Waals surface area contributed by atoms with Gasteiger partial charge in [-0.15, -0.1) is 6.42 Å². The maximum Gasteiger partial charge on any atom is 0.237 e. The average molecular weight is 237 g/mol. The van der Waals surface area contributed by atoms with Gasteiger partial charge >= 0.3 is 0 Å². The molecule has 1 heterocycles. The fraction of sp³-hybridized carbons (Fsp3) is 0.769. The van der Waals surface area contributed by atoms with Crippen LogP contribution in [0.2, 0.25) is 0 Å². The second kappa shape index (κ2) is 6.63. The van der Waals surface area contributed by atoms with Gasteiger partial charge in [-0.3, -0.25) is 14.6 Å². The molecule has 0 aromatic carbocycles. The van der Waals surface area contributed by atoms with Gasteiger partial charge in [-0.25, -0.2) is 0 Å². The predicted molar refractivity (Wildman–Crippen MR) is 69.6 cm³/mol. The first-order valence-electron chi connectivity index (χ1n) is 6.25. The molecule has 1 aliphatic heterocycles. The number of carbonyl (C=O) groups excluding carboxylic acids is 1. The molecule has 0 aromatic rings. The molecule has 0 bridgehead atoms. The van der Waals surface area contributed by atoms with Gasteiger partial charge in [0.2, 0.25) is 5.91 Å². The van der Waals surface area contributed by atoms with E-state index in [2.05, 4.69) is 34.9 Å². The molecule has 4 heteroatoms. The molecule has 0 radical (unpaired) electrons. The van der Waals surface area contributed by atoms with Crippen LogP contribution in [0, 0.1) is 12.3 Å². The van der Waals surface area contributed by atoms with E-state index in [0.717, 1.165) is 26.2 Å². The molecule has 1 fully saturated rings. The Balaban J connectivity index is 2.38. The highest BCUT2D eigenvalue weighted by atomic mass is 16.2. The predicted octanol–water partition coefficient (Wildman–Crippen LogP) is 0.150. The Morgan fingerprint density at radius 1 is 1.24 bits per heavy atom. The van der Waals surface area contributed by atoms with Gasteiger partial charge in [0, 0.05) is 32.2 Å². The zero-order valence-corrected chi connectivity index (χ0v) is 11.1. The summed E-state index contributed by atoms with van der Waals surface area (Å²) in [6.45, 7) is 10.6. The van der Waals surface area contributed by atoms with Crippen molar-refractivity contribution in [2.75, 3.05) is 32.7 Å². The first-order chi connectivity index (χ1) is 8.06. The van der Waals surface area contributed by atoms with E-state index in [1.807, 2.05) is 6.92 Å². The minimum Gasteiger partial charge on any atom is -0.344 e. The Kier molecular flexibility index (Phi) is 5.46. The summed E-state index contributed by atoms with van der Waals surface area (Å²) in [4.78, 5) is 16.4. The summed E-state index contributed by atoms with van der Waals surface area (Å²) in [5.41, 5.74) is 0. The summed E-state index contributed by atoms with van der Waals surface area (Å²) < 4.78 is 0. The number of amides is 1. The molecule has 1 atom stereocenters. The molecule has 17 heavy (non-hydrogen) atoms. The van der Waals surface area contributed by atoms with Gasteiger partial charge in [-0.05, 0) is 20.8 Å². The molecule has 1 rings (SSSR count). The number of hydrogen-bond acceptors (Lipinski definition) is 3. The van der Waals surface area contributed by atoms with E-state index in [-0.39, 0.29) is 11.9 Å². The lowest BCUT2D eigenvalue weighted by Crippen LogP contribution is -2.55. The molecular weight excluding hydrogens is 214 g/mol. The summed E-state index contributed by atoms with van der Waals surface area (Å²) >= 11 is 0. The molecule has 0 aromatic heterocycles. The SMILES string of the molecule is C#CCNC(=O)C(C)N1CCN(C(C)C)CC1. The van der Waals surface area contributed by atoms with Gasteiger partial charge in [0.15, 0.2) is 0 Å². The fourth-order valence-electron chi connectivity index (χ4n) is 2.09. The van der Waals surface area contributed by atoms with E-state index < -0.39 is 0 Å². The van der Waals surface area contributed by atoms with E-state index >= 15 is 0 Å². The van der Waals surface area contributed by atoms with Crippen LogP contribution in [-0.4, -0.2) is 60.5 Å². The van der Waals surface area contributed by atoms with Crippen LogP contribution in [-0.2, 0) is 4.79 Å². The maximum atomic E-state index is 11.8. The molecule has 1 unspecified atom stereocenters. The van der Waals surface area contributed by atoms with E-state index in [1.165, 1.54) is 0 Å². The van der Waals surface area contributed by atoms with Crippen molar-refractivity contribution in [2.24, 2.45) is 0 Å². The Bertz CT molecular complexity index is 288. The van der Waals surface area contributed by atoms with E-state index in [9.17, 15) is 4.79 Å². The van der Waals surface area contributed by atoms with E-state index in [4.69, 9.17) is 6.42 Å². The molecule has 1 amide bonds. The van der Waals surface area contributed by atoms with E-state index in [0.29, 0.717) is 12.6 Å². The number of nitrogens with zero attached hydrogens (tertiary/aromatic N) is 2. The Morgan fingerprint density at radius 3 is 2.24 bits per heavy atom. The minimum absolute atomic E-state index is 0.0287. The van der Waals surface area contributed by atoms with Crippen molar-refractivity contribution in [3.8, 4) is 12.3 Å². The van der Waals surface area contributed by atoms with Crippen LogP contribution < -0.4 is 5.32 Å². The number of terminal acetylenes is 1. The van der Waals surface area contributed by atoms with Gasteiger partial charge in [0.1, 0.15) is 0 Å². The van der Waals surface area contributed by atoms with Crippen molar-refractivity contribution < 1.29 is 4.79 Å². The summed E-state index contributed by atoms with van der Waals surface area (Å²) in [6, 6.07) is 0.500. The van der Waals surface area contributed by atoms with Crippen LogP contribution in [0.1, 0.15) is 20.8 Å². The van der Waals surface area contributed by atoms with Crippen LogP contribution in [0.4, 0.5) is 0 Å². The third kappa shape index (κ3) is 4.03. The third-order valence-corrected chi connectivity index (χ3v) is 3.37. The van der Waals surface area contributed by atoms with Crippen LogP contribution in [0.15, 0.2) is 0 Å². The summed E-state index contributed by atoms with van der Waals surface area (Å²) in [5, 5.41) is 2.73. The highest BCUT2D eigenvalue weighted by molar-refractivity contribution is 5.81. The van der Waals surface area contributed by atoms with E-state index in [1.54, 1.807) is 0 Å². The molecule has 0 spiro atoms. The normalized spacial score (nSPS) is 19.9. The van der Waals surface area contributed by atoms with Gasteiger partial charge in [0.25, 0.3) is 0 Å². The first kappa shape index (κ1) is 14.0. The number of nitrogens with one attached hydrogen (secondary N) is 1. The molecule has 96 valence electrons. The van der Waals surface area contributed by atoms with Crippen LogP contribution in [0.3, 0.4) is 0 Å². The quantitative estimate of drug-likeness (QED) is 0.707. The Morgan fingerprint density at radius 2 is 1.76 bits per heavy atom. The highest BCUT2D eigenvalue weighted by Gasteiger charge is 2.25. The molecule has 0 saturated carbocycles. The van der Waals surface area contributed by atoms with Crippen molar-refractivity contribution in [1.82, 2.24) is 15.1 Å². The lowest BCUT2D eigenvalue weighted by Gasteiger charge is -2.39. The van der Waals surface area contributed by atoms with Crippen molar-refractivity contribution in [1.29, 1.82) is 0 Å². The standard InChI is InChI=1S/C13H23N3O/c1-5-6-14-13(17)12(4)16-9-7-15(8-10-16)11(2)3/h1,11-12H,6-10H2,2-4H3,(H,14,17). The fourth-order valence-corrected chi connectivity index (χ4v) is 2.09. The lowest BCUT2D eigenvalue weighted by molar-refractivity contribution is -0.126. The topological polar surface area (TPSA) is 35.6 Å². The Labute approximate surface area is 104 Å². The highest BCUT2D eigenvalue weighted by Crippen LogP contribution is 2.08. The largest absolute Gasteiger partial charge is 0.344 e. The van der Waals surface area contributed by atoms with Gasteiger partial charge in [-0.1, -0.05) is 5.92 Å². The third-order valence-electron chi connectivity index (χ3n) is 3.37. The summed E-state index contributed by atoms with van der Waals surface area (Å²) in [6.07, 6.45) is 5.12. The van der Waals surface area contributed by atoms with Gasteiger partial charge < -0.3 is 5.32 Å². The molecule has 1 aliphatic rings. The van der Waals surface area contributed by atoms with Crippen LogP contribution in [0.5, 0.6) is 0 Å². The number of piperazine rings is 1. The lowest BCUT2D eigenvalue weighted by atomic mass is 10.2. The zero-order chi connectivity index (χ0) is 12.8. The summed E-state index contributed by atoms with van der Waals surface area (Å²) in [5.74, 6) is 2.45. The second-order valence-corrected chi connectivity index (χ2v) is 4.76. The molecule has 1 saturated heterocycles. The zero-order valence-electron chi connectivity index (χ0n) is 11.1.